The van der Waals surface area contributed by atoms with Gasteiger partial charge in [-0.05, 0) is 81.0 Å². The van der Waals surface area contributed by atoms with Crippen LogP contribution in [0.2, 0.25) is 10.0 Å². The van der Waals surface area contributed by atoms with Crippen molar-refractivity contribution in [1.29, 1.82) is 0 Å². The van der Waals surface area contributed by atoms with Gasteiger partial charge in [-0.3, -0.25) is 0 Å². The summed E-state index contributed by atoms with van der Waals surface area (Å²) < 4.78 is 15.9. The molecule has 6 heteroatoms. The predicted molar refractivity (Wildman–Crippen MR) is 98.8 cm³/mol. The zero-order chi connectivity index (χ0) is 15.6. The van der Waals surface area contributed by atoms with E-state index in [4.69, 9.17) is 23.2 Å². The third-order valence-corrected chi connectivity index (χ3v) is 5.44. The molecule has 0 bridgehead atoms. The second-order valence-corrected chi connectivity index (χ2v) is 7.30. The zero-order valence-corrected chi connectivity index (χ0v) is 16.3. The van der Waals surface area contributed by atoms with Gasteiger partial charge >= 0.3 is 0 Å². The minimum absolute atomic E-state index is 0.300. The van der Waals surface area contributed by atoms with Gasteiger partial charge in [-0.2, -0.15) is 0 Å². The number of hydrogen-bond acceptors (Lipinski definition) is 1. The van der Waals surface area contributed by atoms with Crippen LogP contribution in [0.1, 0.15) is 24.1 Å². The molecule has 0 aliphatic heterocycles. The lowest BCUT2D eigenvalue weighted by atomic mass is 9.98. The fraction of sp³-hybridized carbons (Fsp3) is 0.200. The number of rotatable bonds is 4. The average Bonchev–Trinajstić information content (AvgIpc) is 2.43. The zero-order valence-electron chi connectivity index (χ0n) is 11.1. The van der Waals surface area contributed by atoms with Crippen molar-refractivity contribution >= 4 is 61.7 Å². The van der Waals surface area contributed by atoms with Gasteiger partial charge in [0.05, 0.1) is 11.1 Å². The lowest BCUT2D eigenvalue weighted by molar-refractivity contribution is 0.557. The molecule has 0 aromatic heterocycles. The van der Waals surface area contributed by atoms with Crippen molar-refractivity contribution in [3.63, 3.8) is 0 Å². The van der Waals surface area contributed by atoms with Gasteiger partial charge in [0.2, 0.25) is 0 Å². The maximum atomic E-state index is 14.4. The monoisotopic (exact) mass is 501 g/mol. The van der Waals surface area contributed by atoms with Gasteiger partial charge in [0.1, 0.15) is 5.82 Å². The molecule has 1 atom stereocenters. The molecule has 0 saturated heterocycles. The highest BCUT2D eigenvalue weighted by molar-refractivity contribution is 14.1. The van der Waals surface area contributed by atoms with Crippen LogP contribution in [0.25, 0.3) is 0 Å². The Morgan fingerprint density at radius 1 is 1.24 bits per heavy atom. The summed E-state index contributed by atoms with van der Waals surface area (Å²) in [5.41, 5.74) is 1.44. The van der Waals surface area contributed by atoms with E-state index in [9.17, 15) is 4.39 Å². The van der Waals surface area contributed by atoms with Gasteiger partial charge in [0.25, 0.3) is 0 Å². The molecule has 0 spiro atoms. The molecule has 0 aliphatic rings. The largest absolute Gasteiger partial charge is 0.306 e. The normalized spacial score (nSPS) is 12.5. The molecule has 0 fully saturated rings. The van der Waals surface area contributed by atoms with E-state index in [1.54, 1.807) is 6.07 Å². The van der Waals surface area contributed by atoms with Gasteiger partial charge in [-0.1, -0.05) is 30.1 Å². The van der Waals surface area contributed by atoms with Crippen molar-refractivity contribution in [3.05, 3.63) is 65.4 Å². The average molecular weight is 503 g/mol. The Bertz CT molecular complexity index is 666. The predicted octanol–water partition coefficient (Wildman–Crippen LogP) is 6.20. The van der Waals surface area contributed by atoms with Gasteiger partial charge in [-0.25, -0.2) is 4.39 Å². The molecule has 21 heavy (non-hydrogen) atoms. The Hall–Kier alpha value is 0.120. The highest BCUT2D eigenvalue weighted by Crippen LogP contribution is 2.34. The fourth-order valence-corrected chi connectivity index (χ4v) is 3.40. The second kappa shape index (κ2) is 7.59. The van der Waals surface area contributed by atoms with Crippen molar-refractivity contribution < 1.29 is 4.39 Å². The smallest absolute Gasteiger partial charge is 0.129 e. The molecule has 1 nitrogen and oxygen atoms in total. The van der Waals surface area contributed by atoms with Crippen LogP contribution >= 0.6 is 61.7 Å². The minimum Gasteiger partial charge on any atom is -0.306 e. The van der Waals surface area contributed by atoms with Crippen LogP contribution in [0.5, 0.6) is 0 Å². The summed E-state index contributed by atoms with van der Waals surface area (Å²) in [7, 11) is 0. The minimum atomic E-state index is -0.312. The van der Waals surface area contributed by atoms with E-state index in [-0.39, 0.29) is 11.9 Å². The molecule has 0 radical (unpaired) electrons. The Balaban J connectivity index is 2.58. The number of halogens is 5. The summed E-state index contributed by atoms with van der Waals surface area (Å²) in [6.45, 7) is 2.67. The second-order valence-electron chi connectivity index (χ2n) is 4.44. The standard InChI is InChI=1S/C15H12BrCl2FIN/c1-2-21-15(10-5-8(17)3-4-14(10)20)9-6-12(18)11(16)7-13(9)19/h3-7,15,21H,2H2,1H3. The third kappa shape index (κ3) is 4.10. The van der Waals surface area contributed by atoms with E-state index in [1.165, 1.54) is 6.07 Å². The van der Waals surface area contributed by atoms with E-state index in [0.29, 0.717) is 26.6 Å². The van der Waals surface area contributed by atoms with E-state index < -0.39 is 0 Å². The van der Waals surface area contributed by atoms with Crippen molar-refractivity contribution in [3.8, 4) is 0 Å². The summed E-state index contributed by atoms with van der Waals surface area (Å²) in [6.07, 6.45) is 0. The van der Waals surface area contributed by atoms with Crippen LogP contribution in [0.4, 0.5) is 4.39 Å². The summed E-state index contributed by atoms with van der Waals surface area (Å²) in [5, 5.41) is 4.39. The van der Waals surface area contributed by atoms with Crippen LogP contribution in [0.3, 0.4) is 0 Å². The molecule has 0 amide bonds. The molecule has 0 aliphatic carbocycles. The summed E-state index contributed by atoms with van der Waals surface area (Å²) >= 11 is 17.7. The maximum absolute atomic E-state index is 14.4. The molecule has 2 aromatic rings. The first-order valence-electron chi connectivity index (χ1n) is 6.26. The Labute approximate surface area is 155 Å². The van der Waals surface area contributed by atoms with E-state index in [2.05, 4.69) is 43.8 Å². The maximum Gasteiger partial charge on any atom is 0.129 e. The topological polar surface area (TPSA) is 12.0 Å². The highest BCUT2D eigenvalue weighted by atomic mass is 127. The molecule has 112 valence electrons. The van der Waals surface area contributed by atoms with Crippen molar-refractivity contribution in [2.24, 2.45) is 0 Å². The lowest BCUT2D eigenvalue weighted by Gasteiger charge is -2.21. The Morgan fingerprint density at radius 3 is 2.62 bits per heavy atom. The van der Waals surface area contributed by atoms with E-state index in [1.807, 2.05) is 25.1 Å². The summed E-state index contributed by atoms with van der Waals surface area (Å²) in [6, 6.07) is 8.32. The van der Waals surface area contributed by atoms with Crippen LogP contribution in [0.15, 0.2) is 34.8 Å². The van der Waals surface area contributed by atoms with Crippen molar-refractivity contribution in [1.82, 2.24) is 5.32 Å². The van der Waals surface area contributed by atoms with Crippen LogP contribution < -0.4 is 5.32 Å². The first-order chi connectivity index (χ1) is 9.93. The first-order valence-corrected chi connectivity index (χ1v) is 8.89. The number of hydrogen-bond donors (Lipinski definition) is 1. The molecular weight excluding hydrogens is 491 g/mol. The summed E-state index contributed by atoms with van der Waals surface area (Å²) in [5.74, 6) is -0.312. The van der Waals surface area contributed by atoms with Crippen LogP contribution in [-0.2, 0) is 0 Å². The first kappa shape index (κ1) is 17.5. The molecular formula is C15H12BrCl2FIN. The molecule has 2 rings (SSSR count). The number of nitrogens with one attached hydrogen (secondary N) is 1. The van der Waals surface area contributed by atoms with Crippen LogP contribution in [-0.4, -0.2) is 6.54 Å². The summed E-state index contributed by atoms with van der Waals surface area (Å²) in [4.78, 5) is 0. The van der Waals surface area contributed by atoms with Gasteiger partial charge in [0, 0.05) is 18.6 Å². The van der Waals surface area contributed by atoms with Crippen molar-refractivity contribution in [2.75, 3.05) is 6.54 Å². The lowest BCUT2D eigenvalue weighted by Crippen LogP contribution is -2.24. The molecule has 1 N–H and O–H groups in total. The fourth-order valence-electron chi connectivity index (χ4n) is 2.09. The number of benzene rings is 2. The van der Waals surface area contributed by atoms with Gasteiger partial charge in [0.15, 0.2) is 0 Å². The van der Waals surface area contributed by atoms with E-state index in [0.717, 1.165) is 9.13 Å². The SMILES string of the molecule is CCNC(c1cc(Cl)c(Br)cc1F)c1cc(Cl)ccc1I. The van der Waals surface area contributed by atoms with E-state index >= 15 is 0 Å². The Morgan fingerprint density at radius 2 is 1.95 bits per heavy atom. The molecule has 2 aromatic carbocycles. The highest BCUT2D eigenvalue weighted by Gasteiger charge is 2.21. The quantitative estimate of drug-likeness (QED) is 0.388. The Kier molecular flexibility index (Phi) is 6.32. The van der Waals surface area contributed by atoms with Crippen molar-refractivity contribution in [2.45, 2.75) is 13.0 Å². The van der Waals surface area contributed by atoms with Gasteiger partial charge in [-0.15, -0.1) is 0 Å². The molecule has 1 unspecified atom stereocenters. The molecule has 0 saturated carbocycles. The molecule has 0 heterocycles. The third-order valence-electron chi connectivity index (χ3n) is 3.03. The van der Waals surface area contributed by atoms with Gasteiger partial charge < -0.3 is 5.32 Å². The van der Waals surface area contributed by atoms with Crippen LogP contribution in [0, 0.1) is 9.39 Å².